The van der Waals surface area contributed by atoms with Gasteiger partial charge in [0.25, 0.3) is 5.91 Å². The second-order valence-electron chi connectivity index (χ2n) is 4.85. The third-order valence-corrected chi connectivity index (χ3v) is 4.88. The Kier molecular flexibility index (Phi) is 3.06. The molecule has 1 aromatic carbocycles. The number of benzene rings is 1. The number of rotatable bonds is 2. The lowest BCUT2D eigenvalue weighted by Crippen LogP contribution is -2.29. The van der Waals surface area contributed by atoms with Gasteiger partial charge in [-0.05, 0) is 24.1 Å². The number of carbonyl (C=O) groups excluding carboxylic acids is 1. The second kappa shape index (κ2) is 4.64. The predicted octanol–water partition coefficient (Wildman–Crippen LogP) is 0.0771. The minimum Gasteiger partial charge on any atom is -0.506 e. The molecule has 2 fully saturated rings. The molecule has 1 aromatic rings. The van der Waals surface area contributed by atoms with Crippen LogP contribution >= 0.6 is 0 Å². The summed E-state index contributed by atoms with van der Waals surface area (Å²) in [7, 11) is -3.89. The summed E-state index contributed by atoms with van der Waals surface area (Å²) in [6.45, 7) is 0.967. The number of aromatic hydroxyl groups is 1. The Morgan fingerprint density at radius 1 is 1.40 bits per heavy atom. The first kappa shape index (κ1) is 13.2. The molecule has 20 heavy (non-hydrogen) atoms. The van der Waals surface area contributed by atoms with Crippen LogP contribution in [0.4, 0.5) is 5.69 Å². The van der Waals surface area contributed by atoms with Crippen LogP contribution in [0.3, 0.4) is 0 Å². The summed E-state index contributed by atoms with van der Waals surface area (Å²) < 4.78 is 31.5. The van der Waals surface area contributed by atoms with Gasteiger partial charge in [0, 0.05) is 12.5 Å². The largest absolute Gasteiger partial charge is 0.506 e. The second-order valence-corrected chi connectivity index (χ2v) is 6.44. The van der Waals surface area contributed by atoms with Crippen LogP contribution in [0.1, 0.15) is 17.9 Å². The van der Waals surface area contributed by atoms with Gasteiger partial charge in [0.15, 0.2) is 0 Å². The maximum atomic E-state index is 11.7. The van der Waals surface area contributed by atoms with Gasteiger partial charge in [0.2, 0.25) is 0 Å². The van der Waals surface area contributed by atoms with E-state index in [4.69, 9.17) is 4.74 Å². The normalized spacial score (nSPS) is 24.9. The molecular formula is C12H14N2O5S. The molecule has 1 unspecified atom stereocenters. The monoisotopic (exact) mass is 298 g/mol. The van der Waals surface area contributed by atoms with E-state index in [0.717, 1.165) is 16.3 Å². The predicted molar refractivity (Wildman–Crippen MR) is 70.7 cm³/mol. The number of nitrogens with one attached hydrogen (secondary N) is 1. The van der Waals surface area contributed by atoms with E-state index in [0.29, 0.717) is 13.2 Å². The molecule has 2 heterocycles. The average Bonchev–Trinajstić information content (AvgIpc) is 2.97. The Hall–Kier alpha value is -1.80. The van der Waals surface area contributed by atoms with Crippen LogP contribution in [-0.4, -0.2) is 39.2 Å². The highest BCUT2D eigenvalue weighted by Gasteiger charge is 2.35. The van der Waals surface area contributed by atoms with Gasteiger partial charge in [0.1, 0.15) is 12.3 Å². The molecule has 108 valence electrons. The lowest BCUT2D eigenvalue weighted by molar-refractivity contribution is -0.117. The van der Waals surface area contributed by atoms with Crippen LogP contribution in [0.25, 0.3) is 0 Å². The highest BCUT2D eigenvalue weighted by atomic mass is 32.2. The molecule has 1 atom stereocenters. The molecule has 1 amide bonds. The molecule has 0 aliphatic carbocycles. The van der Waals surface area contributed by atoms with Gasteiger partial charge in [-0.25, -0.2) is 9.03 Å². The molecule has 0 bridgehead atoms. The van der Waals surface area contributed by atoms with Crippen LogP contribution in [0.2, 0.25) is 0 Å². The summed E-state index contributed by atoms with van der Waals surface area (Å²) in [6, 6.07) is 4.81. The van der Waals surface area contributed by atoms with Crippen molar-refractivity contribution >= 4 is 21.8 Å². The van der Waals surface area contributed by atoms with Crippen molar-refractivity contribution in [3.05, 3.63) is 23.8 Å². The fourth-order valence-corrected chi connectivity index (χ4v) is 3.63. The SMILES string of the molecule is O=C1CN(c2ccc(C3CCOC3)cc2O)S(=O)(=O)N1. The van der Waals surface area contributed by atoms with Crippen molar-refractivity contribution in [1.82, 2.24) is 4.72 Å². The summed E-state index contributed by atoms with van der Waals surface area (Å²) in [6.07, 6.45) is 0.876. The number of amides is 1. The van der Waals surface area contributed by atoms with Crippen LogP contribution in [0.5, 0.6) is 5.75 Å². The zero-order valence-electron chi connectivity index (χ0n) is 10.6. The van der Waals surface area contributed by atoms with Crippen molar-refractivity contribution in [3.8, 4) is 5.75 Å². The number of anilines is 1. The number of phenolic OH excluding ortho intramolecular Hbond substituents is 1. The highest BCUT2D eigenvalue weighted by molar-refractivity contribution is 7.92. The maximum absolute atomic E-state index is 11.7. The Labute approximate surface area is 116 Å². The zero-order chi connectivity index (χ0) is 14.3. The first-order chi connectivity index (χ1) is 9.47. The van der Waals surface area contributed by atoms with E-state index >= 15 is 0 Å². The molecule has 0 spiro atoms. The molecule has 0 radical (unpaired) electrons. The van der Waals surface area contributed by atoms with Gasteiger partial charge >= 0.3 is 10.2 Å². The smallest absolute Gasteiger partial charge is 0.326 e. The van der Waals surface area contributed by atoms with Gasteiger partial charge in [-0.15, -0.1) is 0 Å². The van der Waals surface area contributed by atoms with Gasteiger partial charge in [-0.2, -0.15) is 8.42 Å². The Morgan fingerprint density at radius 2 is 2.20 bits per heavy atom. The summed E-state index contributed by atoms with van der Waals surface area (Å²) in [5.41, 5.74) is 1.01. The minimum atomic E-state index is -3.89. The summed E-state index contributed by atoms with van der Waals surface area (Å²) in [5.74, 6) is -0.558. The lowest BCUT2D eigenvalue weighted by Gasteiger charge is -2.17. The van der Waals surface area contributed by atoms with E-state index in [9.17, 15) is 18.3 Å². The highest BCUT2D eigenvalue weighted by Crippen LogP contribution is 2.35. The van der Waals surface area contributed by atoms with E-state index in [1.54, 1.807) is 6.07 Å². The Bertz CT molecular complexity index is 652. The van der Waals surface area contributed by atoms with Crippen LogP contribution < -0.4 is 9.03 Å². The van der Waals surface area contributed by atoms with E-state index in [1.807, 2.05) is 4.72 Å². The zero-order valence-corrected chi connectivity index (χ0v) is 11.4. The maximum Gasteiger partial charge on any atom is 0.326 e. The first-order valence-electron chi connectivity index (χ1n) is 6.21. The number of nitrogens with zero attached hydrogens (tertiary/aromatic N) is 1. The molecule has 0 saturated carbocycles. The molecule has 2 N–H and O–H groups in total. The third-order valence-electron chi connectivity index (χ3n) is 3.49. The molecule has 2 aliphatic heterocycles. The lowest BCUT2D eigenvalue weighted by atomic mass is 9.98. The Morgan fingerprint density at radius 3 is 2.75 bits per heavy atom. The van der Waals surface area contributed by atoms with Gasteiger partial charge in [0.05, 0.1) is 12.3 Å². The molecule has 7 nitrogen and oxygen atoms in total. The number of ether oxygens (including phenoxy) is 1. The fourth-order valence-electron chi connectivity index (χ4n) is 2.46. The van der Waals surface area contributed by atoms with Crippen molar-refractivity contribution < 1.29 is 23.1 Å². The van der Waals surface area contributed by atoms with Crippen LogP contribution in [-0.2, 0) is 19.7 Å². The summed E-state index contributed by atoms with van der Waals surface area (Å²) in [4.78, 5) is 11.2. The molecule has 0 aromatic heterocycles. The van der Waals surface area contributed by atoms with E-state index in [-0.39, 0.29) is 23.9 Å². The van der Waals surface area contributed by atoms with Gasteiger partial charge < -0.3 is 9.84 Å². The van der Waals surface area contributed by atoms with Crippen molar-refractivity contribution in [2.24, 2.45) is 0 Å². The van der Waals surface area contributed by atoms with Crippen molar-refractivity contribution in [2.45, 2.75) is 12.3 Å². The van der Waals surface area contributed by atoms with E-state index in [1.165, 1.54) is 12.1 Å². The van der Waals surface area contributed by atoms with Crippen molar-refractivity contribution in [3.63, 3.8) is 0 Å². The number of hydrogen-bond acceptors (Lipinski definition) is 5. The molecule has 3 rings (SSSR count). The molecule has 2 aliphatic rings. The quantitative estimate of drug-likeness (QED) is 0.806. The number of hydrogen-bond donors (Lipinski definition) is 2. The Balaban J connectivity index is 1.93. The van der Waals surface area contributed by atoms with Crippen molar-refractivity contribution in [2.75, 3.05) is 24.1 Å². The summed E-state index contributed by atoms with van der Waals surface area (Å²) in [5, 5.41) is 10.0. The standard InChI is InChI=1S/C12H14N2O5S/c15-11-5-8(9-3-4-19-7-9)1-2-10(11)14-6-12(16)13-20(14,17)18/h1-2,5,9,15H,3-4,6-7H2,(H,13,16). The topological polar surface area (TPSA) is 95.9 Å². The molecule has 8 heteroatoms. The third kappa shape index (κ3) is 2.20. The van der Waals surface area contributed by atoms with Gasteiger partial charge in [-0.1, -0.05) is 6.07 Å². The van der Waals surface area contributed by atoms with Crippen LogP contribution in [0, 0.1) is 0 Å². The van der Waals surface area contributed by atoms with Crippen molar-refractivity contribution in [1.29, 1.82) is 0 Å². The van der Waals surface area contributed by atoms with E-state index in [2.05, 4.69) is 0 Å². The van der Waals surface area contributed by atoms with E-state index < -0.39 is 16.1 Å². The molecule has 2 saturated heterocycles. The number of phenols is 1. The fraction of sp³-hybridized carbons (Fsp3) is 0.417. The summed E-state index contributed by atoms with van der Waals surface area (Å²) >= 11 is 0. The molecular weight excluding hydrogens is 284 g/mol. The minimum absolute atomic E-state index is 0.103. The first-order valence-corrected chi connectivity index (χ1v) is 7.65. The van der Waals surface area contributed by atoms with Crippen LogP contribution in [0.15, 0.2) is 18.2 Å². The van der Waals surface area contributed by atoms with Gasteiger partial charge in [-0.3, -0.25) is 4.79 Å². The average molecular weight is 298 g/mol. The number of carbonyl (C=O) groups is 1.